The zero-order valence-electron chi connectivity index (χ0n) is 14.9. The van der Waals surface area contributed by atoms with Crippen LogP contribution in [0.4, 0.5) is 19.0 Å². The van der Waals surface area contributed by atoms with Crippen LogP contribution < -0.4 is 9.64 Å². The Morgan fingerprint density at radius 3 is 2.26 bits per heavy atom. The Morgan fingerprint density at radius 2 is 1.74 bits per heavy atom. The summed E-state index contributed by atoms with van der Waals surface area (Å²) in [7, 11) is 0. The molecule has 144 valence electrons. The maximum Gasteiger partial charge on any atom is 0.417 e. The molecule has 1 fully saturated rings. The van der Waals surface area contributed by atoms with E-state index in [-0.39, 0.29) is 5.91 Å². The van der Waals surface area contributed by atoms with Gasteiger partial charge in [0.05, 0.1) is 12.2 Å². The van der Waals surface area contributed by atoms with Crippen molar-refractivity contribution >= 4 is 11.7 Å². The zero-order chi connectivity index (χ0) is 19.4. The molecule has 1 saturated heterocycles. The molecule has 8 heteroatoms. The number of benzene rings is 1. The number of rotatable bonds is 4. The minimum absolute atomic E-state index is 0.0712. The number of carbonyl (C=O) groups excluding carboxylic acids is 1. The van der Waals surface area contributed by atoms with Crippen molar-refractivity contribution in [2.45, 2.75) is 13.1 Å². The molecule has 1 aromatic heterocycles. The Hall–Kier alpha value is -2.77. The summed E-state index contributed by atoms with van der Waals surface area (Å²) in [6.07, 6.45) is -3.55. The number of amides is 1. The highest BCUT2D eigenvalue weighted by Crippen LogP contribution is 2.29. The molecule has 1 aromatic carbocycles. The number of carbonyl (C=O) groups is 1. The number of pyridine rings is 1. The van der Waals surface area contributed by atoms with E-state index in [2.05, 4.69) is 4.98 Å². The summed E-state index contributed by atoms with van der Waals surface area (Å²) in [6.45, 7) is 4.45. The normalized spacial score (nSPS) is 15.0. The summed E-state index contributed by atoms with van der Waals surface area (Å²) in [4.78, 5) is 20.1. The fourth-order valence-electron chi connectivity index (χ4n) is 2.92. The van der Waals surface area contributed by atoms with E-state index in [1.165, 1.54) is 6.07 Å². The quantitative estimate of drug-likeness (QED) is 0.816. The van der Waals surface area contributed by atoms with Gasteiger partial charge in [-0.05, 0) is 43.3 Å². The van der Waals surface area contributed by atoms with Crippen LogP contribution in [0.15, 0.2) is 42.6 Å². The van der Waals surface area contributed by atoms with Crippen LogP contribution in [0.2, 0.25) is 0 Å². The minimum atomic E-state index is -4.39. The van der Waals surface area contributed by atoms with Crippen molar-refractivity contribution in [3.63, 3.8) is 0 Å². The molecule has 0 saturated carbocycles. The van der Waals surface area contributed by atoms with E-state index in [1.54, 1.807) is 29.2 Å². The second kappa shape index (κ2) is 7.85. The van der Waals surface area contributed by atoms with Crippen LogP contribution >= 0.6 is 0 Å². The lowest BCUT2D eigenvalue weighted by Crippen LogP contribution is -2.49. The second-order valence-electron chi connectivity index (χ2n) is 6.14. The van der Waals surface area contributed by atoms with Crippen LogP contribution in [-0.4, -0.2) is 48.6 Å². The Kier molecular flexibility index (Phi) is 5.53. The first kappa shape index (κ1) is 19.0. The van der Waals surface area contributed by atoms with Crippen LogP contribution in [0.3, 0.4) is 0 Å². The Bertz CT molecular complexity index is 768. The average molecular weight is 379 g/mol. The van der Waals surface area contributed by atoms with Crippen LogP contribution in [0, 0.1) is 0 Å². The van der Waals surface area contributed by atoms with Crippen LogP contribution in [0.1, 0.15) is 22.8 Å². The molecule has 3 rings (SSSR count). The first-order chi connectivity index (χ1) is 12.9. The van der Waals surface area contributed by atoms with Gasteiger partial charge >= 0.3 is 6.18 Å². The van der Waals surface area contributed by atoms with Crippen LogP contribution in [0.5, 0.6) is 5.75 Å². The van der Waals surface area contributed by atoms with Crippen molar-refractivity contribution in [1.29, 1.82) is 0 Å². The zero-order valence-corrected chi connectivity index (χ0v) is 14.9. The molecule has 0 unspecified atom stereocenters. The molecule has 5 nitrogen and oxygen atoms in total. The first-order valence-corrected chi connectivity index (χ1v) is 8.69. The molecule has 27 heavy (non-hydrogen) atoms. The van der Waals surface area contributed by atoms with Gasteiger partial charge in [-0.25, -0.2) is 4.98 Å². The van der Waals surface area contributed by atoms with Crippen molar-refractivity contribution in [3.05, 3.63) is 53.7 Å². The first-order valence-electron chi connectivity index (χ1n) is 8.69. The average Bonchev–Trinajstić information content (AvgIpc) is 2.68. The molecule has 1 amide bonds. The van der Waals surface area contributed by atoms with Gasteiger partial charge in [-0.2, -0.15) is 13.2 Å². The van der Waals surface area contributed by atoms with E-state index in [9.17, 15) is 18.0 Å². The number of piperazine rings is 1. The van der Waals surface area contributed by atoms with Crippen molar-refractivity contribution in [3.8, 4) is 5.75 Å². The van der Waals surface area contributed by atoms with Gasteiger partial charge in [-0.3, -0.25) is 4.79 Å². The topological polar surface area (TPSA) is 45.7 Å². The van der Waals surface area contributed by atoms with Gasteiger partial charge in [-0.15, -0.1) is 0 Å². The van der Waals surface area contributed by atoms with Gasteiger partial charge in [0.2, 0.25) is 0 Å². The number of aromatic nitrogens is 1. The number of nitrogens with zero attached hydrogens (tertiary/aromatic N) is 3. The predicted molar refractivity (Wildman–Crippen MR) is 95.0 cm³/mol. The van der Waals surface area contributed by atoms with E-state index in [1.807, 2.05) is 11.8 Å². The minimum Gasteiger partial charge on any atom is -0.494 e. The molecular weight excluding hydrogens is 359 g/mol. The van der Waals surface area contributed by atoms with Crippen molar-refractivity contribution in [2.75, 3.05) is 37.7 Å². The third kappa shape index (κ3) is 4.50. The third-order valence-corrected chi connectivity index (χ3v) is 4.38. The monoisotopic (exact) mass is 379 g/mol. The Balaban J connectivity index is 1.59. The SMILES string of the molecule is CCOc1ccc(C(=O)N2CCN(c3ccc(C(F)(F)F)cn3)CC2)cc1. The predicted octanol–water partition coefficient (Wildman–Crippen LogP) is 3.46. The number of hydrogen-bond donors (Lipinski definition) is 0. The maximum absolute atomic E-state index is 12.6. The van der Waals surface area contributed by atoms with Gasteiger partial charge in [-0.1, -0.05) is 0 Å². The molecule has 0 N–H and O–H groups in total. The van der Waals surface area contributed by atoms with E-state index in [0.717, 1.165) is 12.3 Å². The molecule has 0 bridgehead atoms. The molecule has 0 radical (unpaired) electrons. The standard InChI is InChI=1S/C19H20F3N3O2/c1-2-27-16-6-3-14(4-7-16)18(26)25-11-9-24(10-12-25)17-8-5-15(13-23-17)19(20,21)22/h3-8,13H,2,9-12H2,1H3. The van der Waals surface area contributed by atoms with Gasteiger partial charge < -0.3 is 14.5 Å². The molecular formula is C19H20F3N3O2. The number of ether oxygens (including phenoxy) is 1. The van der Waals surface area contributed by atoms with E-state index >= 15 is 0 Å². The lowest BCUT2D eigenvalue weighted by Gasteiger charge is -2.35. The highest BCUT2D eigenvalue weighted by molar-refractivity contribution is 5.94. The summed E-state index contributed by atoms with van der Waals surface area (Å²) in [5, 5.41) is 0. The fourth-order valence-corrected chi connectivity index (χ4v) is 2.92. The summed E-state index contributed by atoms with van der Waals surface area (Å²) in [5.74, 6) is 1.13. The highest BCUT2D eigenvalue weighted by atomic mass is 19.4. The van der Waals surface area contributed by atoms with Crippen molar-refractivity contribution in [1.82, 2.24) is 9.88 Å². The Morgan fingerprint density at radius 1 is 1.07 bits per heavy atom. The summed E-state index contributed by atoms with van der Waals surface area (Å²) in [6, 6.07) is 9.39. The smallest absolute Gasteiger partial charge is 0.417 e. The fraction of sp³-hybridized carbons (Fsp3) is 0.368. The lowest BCUT2D eigenvalue weighted by molar-refractivity contribution is -0.137. The number of alkyl halides is 3. The number of halogens is 3. The Labute approximate surface area is 155 Å². The molecule has 0 spiro atoms. The molecule has 1 aliphatic heterocycles. The van der Waals surface area contributed by atoms with Gasteiger partial charge in [0.25, 0.3) is 5.91 Å². The van der Waals surface area contributed by atoms with E-state index in [4.69, 9.17) is 4.74 Å². The van der Waals surface area contributed by atoms with Gasteiger partial charge in [0.15, 0.2) is 0 Å². The molecule has 2 heterocycles. The molecule has 2 aromatic rings. The van der Waals surface area contributed by atoms with Gasteiger partial charge in [0.1, 0.15) is 11.6 Å². The summed E-state index contributed by atoms with van der Waals surface area (Å²) < 4.78 is 43.2. The molecule has 0 aliphatic carbocycles. The number of anilines is 1. The van der Waals surface area contributed by atoms with Gasteiger partial charge in [0, 0.05) is 37.9 Å². The lowest BCUT2D eigenvalue weighted by atomic mass is 10.1. The highest BCUT2D eigenvalue weighted by Gasteiger charge is 2.31. The second-order valence-corrected chi connectivity index (χ2v) is 6.14. The largest absolute Gasteiger partial charge is 0.494 e. The molecule has 0 atom stereocenters. The summed E-state index contributed by atoms with van der Waals surface area (Å²) in [5.41, 5.74) is -0.185. The summed E-state index contributed by atoms with van der Waals surface area (Å²) >= 11 is 0. The third-order valence-electron chi connectivity index (χ3n) is 4.38. The van der Waals surface area contributed by atoms with E-state index < -0.39 is 11.7 Å². The number of hydrogen-bond acceptors (Lipinski definition) is 4. The van der Waals surface area contributed by atoms with Crippen molar-refractivity contribution in [2.24, 2.45) is 0 Å². The maximum atomic E-state index is 12.6. The van der Waals surface area contributed by atoms with E-state index in [0.29, 0.717) is 49.9 Å². The van der Waals surface area contributed by atoms with Crippen LogP contribution in [-0.2, 0) is 6.18 Å². The van der Waals surface area contributed by atoms with Crippen molar-refractivity contribution < 1.29 is 22.7 Å². The molecule has 1 aliphatic rings. The van der Waals surface area contributed by atoms with Crippen LogP contribution in [0.25, 0.3) is 0 Å².